The number of carbonyl (C=O) groups excluding carboxylic acids is 1. The van der Waals surface area contributed by atoms with E-state index in [4.69, 9.17) is 0 Å². The third-order valence-corrected chi connectivity index (χ3v) is 4.38. The molecule has 3 aromatic rings. The number of amides is 1. The lowest BCUT2D eigenvalue weighted by Crippen LogP contribution is -2.03. The number of pyridine rings is 1. The second-order valence-corrected chi connectivity index (χ2v) is 6.40. The smallest absolute Gasteiger partial charge is 0.228 e. The van der Waals surface area contributed by atoms with E-state index >= 15 is 0 Å². The van der Waals surface area contributed by atoms with Gasteiger partial charge in [0.25, 0.3) is 0 Å². The number of carbonyl (C=O) groups is 1. The van der Waals surface area contributed by atoms with Crippen molar-refractivity contribution in [1.29, 1.82) is 0 Å². The Morgan fingerprint density at radius 3 is 2.88 bits per heavy atom. The van der Waals surface area contributed by atoms with E-state index in [0.29, 0.717) is 13.0 Å². The van der Waals surface area contributed by atoms with E-state index < -0.39 is 0 Å². The fourth-order valence-corrected chi connectivity index (χ4v) is 3.10. The molecule has 2 heterocycles. The van der Waals surface area contributed by atoms with Crippen molar-refractivity contribution >= 4 is 17.3 Å². The zero-order valence-electron chi connectivity index (χ0n) is 14.0. The van der Waals surface area contributed by atoms with E-state index in [0.717, 1.165) is 33.6 Å². The average molecular weight is 329 g/mol. The van der Waals surface area contributed by atoms with Gasteiger partial charge in [-0.3, -0.25) is 9.78 Å². The van der Waals surface area contributed by atoms with Crippen LogP contribution in [0.3, 0.4) is 0 Å². The van der Waals surface area contributed by atoms with Crippen LogP contribution >= 0.6 is 0 Å². The van der Waals surface area contributed by atoms with E-state index in [1.807, 2.05) is 36.7 Å². The summed E-state index contributed by atoms with van der Waals surface area (Å²) in [4.78, 5) is 15.9. The summed E-state index contributed by atoms with van der Waals surface area (Å²) in [6.07, 6.45) is 4.20. The van der Waals surface area contributed by atoms with Gasteiger partial charge in [-0.15, -0.1) is 0 Å². The van der Waals surface area contributed by atoms with Crippen LogP contribution in [0.5, 0.6) is 0 Å². The molecule has 2 aromatic carbocycles. The van der Waals surface area contributed by atoms with E-state index in [-0.39, 0.29) is 5.91 Å². The first-order chi connectivity index (χ1) is 12.2. The molecule has 1 aromatic heterocycles. The van der Waals surface area contributed by atoms with Crippen molar-refractivity contribution in [2.24, 2.45) is 0 Å². The van der Waals surface area contributed by atoms with Gasteiger partial charge in [-0.25, -0.2) is 0 Å². The molecule has 0 radical (unpaired) electrons. The molecule has 25 heavy (non-hydrogen) atoms. The molecule has 124 valence electrons. The number of aryl methyl sites for hydroxylation is 1. The summed E-state index contributed by atoms with van der Waals surface area (Å²) < 4.78 is 0. The number of nitrogens with zero attached hydrogens (tertiary/aromatic N) is 1. The summed E-state index contributed by atoms with van der Waals surface area (Å²) in [7, 11) is 0. The van der Waals surface area contributed by atoms with Gasteiger partial charge in [-0.05, 0) is 53.4 Å². The number of nitrogens with one attached hydrogen (secondary N) is 2. The third kappa shape index (κ3) is 3.38. The van der Waals surface area contributed by atoms with Gasteiger partial charge in [-0.1, -0.05) is 24.3 Å². The minimum absolute atomic E-state index is 0.0568. The third-order valence-electron chi connectivity index (χ3n) is 4.38. The molecule has 0 unspecified atom stereocenters. The van der Waals surface area contributed by atoms with Gasteiger partial charge in [0, 0.05) is 35.9 Å². The molecular formula is C21H19N3O. The first-order valence-corrected chi connectivity index (χ1v) is 8.35. The number of fused-ring (bicyclic) bond motifs is 1. The molecule has 4 rings (SSSR count). The summed E-state index contributed by atoms with van der Waals surface area (Å²) in [6.45, 7) is 2.80. The number of hydrogen-bond donors (Lipinski definition) is 2. The van der Waals surface area contributed by atoms with Crippen LogP contribution < -0.4 is 10.6 Å². The van der Waals surface area contributed by atoms with Crippen molar-refractivity contribution in [3.8, 4) is 11.1 Å². The maximum Gasteiger partial charge on any atom is 0.228 e. The highest BCUT2D eigenvalue weighted by Gasteiger charge is 2.17. The fraction of sp³-hybridized carbons (Fsp3) is 0.143. The van der Waals surface area contributed by atoms with E-state index in [9.17, 15) is 4.79 Å². The van der Waals surface area contributed by atoms with Gasteiger partial charge in [0.15, 0.2) is 0 Å². The lowest BCUT2D eigenvalue weighted by Gasteiger charge is -2.09. The Labute approximate surface area is 146 Å². The quantitative estimate of drug-likeness (QED) is 0.755. The lowest BCUT2D eigenvalue weighted by molar-refractivity contribution is -0.115. The Hall–Kier alpha value is -3.14. The molecular weight excluding hydrogens is 310 g/mol. The Kier molecular flexibility index (Phi) is 3.94. The molecule has 2 N–H and O–H groups in total. The van der Waals surface area contributed by atoms with E-state index in [1.54, 1.807) is 0 Å². The number of benzene rings is 2. The minimum atomic E-state index is 0.0568. The van der Waals surface area contributed by atoms with Crippen LogP contribution in [0.2, 0.25) is 0 Å². The van der Waals surface area contributed by atoms with Crippen LogP contribution in [-0.4, -0.2) is 10.9 Å². The van der Waals surface area contributed by atoms with Gasteiger partial charge < -0.3 is 10.6 Å². The van der Waals surface area contributed by atoms with E-state index in [2.05, 4.69) is 46.8 Å². The first kappa shape index (κ1) is 15.4. The zero-order valence-corrected chi connectivity index (χ0v) is 14.0. The maximum atomic E-state index is 11.5. The molecule has 1 aliphatic heterocycles. The highest BCUT2D eigenvalue weighted by Crippen LogP contribution is 2.29. The van der Waals surface area contributed by atoms with Gasteiger partial charge in [-0.2, -0.15) is 0 Å². The largest absolute Gasteiger partial charge is 0.381 e. The van der Waals surface area contributed by atoms with Crippen LogP contribution in [-0.2, 0) is 17.8 Å². The Morgan fingerprint density at radius 2 is 2.00 bits per heavy atom. The van der Waals surface area contributed by atoms with Crippen LogP contribution in [0.4, 0.5) is 11.4 Å². The highest BCUT2D eigenvalue weighted by atomic mass is 16.1. The fourth-order valence-electron chi connectivity index (χ4n) is 3.10. The summed E-state index contributed by atoms with van der Waals surface area (Å²) in [5.41, 5.74) is 7.52. The van der Waals surface area contributed by atoms with Crippen molar-refractivity contribution in [2.45, 2.75) is 19.9 Å². The van der Waals surface area contributed by atoms with Crippen molar-refractivity contribution < 1.29 is 4.79 Å². The van der Waals surface area contributed by atoms with Gasteiger partial charge in [0.05, 0.1) is 6.42 Å². The molecule has 0 saturated carbocycles. The summed E-state index contributed by atoms with van der Waals surface area (Å²) in [5, 5.41) is 6.33. The predicted octanol–water partition coefficient (Wildman–Crippen LogP) is 4.16. The monoisotopic (exact) mass is 329 g/mol. The first-order valence-electron chi connectivity index (χ1n) is 8.35. The Balaban J connectivity index is 1.54. The SMILES string of the molecule is Cc1cccc(NCc2cncc(-c3ccc4c(c3)NC(=O)C4)c2)c1. The normalized spacial score (nSPS) is 12.6. The molecule has 0 fully saturated rings. The number of aromatic nitrogens is 1. The average Bonchev–Trinajstić information content (AvgIpc) is 2.99. The highest BCUT2D eigenvalue weighted by molar-refractivity contribution is 5.99. The summed E-state index contributed by atoms with van der Waals surface area (Å²) in [5.74, 6) is 0.0568. The molecule has 4 nitrogen and oxygen atoms in total. The molecule has 0 bridgehead atoms. The predicted molar refractivity (Wildman–Crippen MR) is 101 cm³/mol. The van der Waals surface area contributed by atoms with Crippen LogP contribution in [0.1, 0.15) is 16.7 Å². The number of rotatable bonds is 4. The molecule has 0 spiro atoms. The number of anilines is 2. The summed E-state index contributed by atoms with van der Waals surface area (Å²) in [6, 6.07) is 16.5. The van der Waals surface area contributed by atoms with Crippen LogP contribution in [0.25, 0.3) is 11.1 Å². The molecule has 1 amide bonds. The second-order valence-electron chi connectivity index (χ2n) is 6.40. The minimum Gasteiger partial charge on any atom is -0.381 e. The standard InChI is InChI=1S/C21H19N3O/c1-14-3-2-4-19(7-14)23-12-15-8-18(13-22-11-15)16-5-6-17-10-21(25)24-20(17)9-16/h2-9,11,13,23H,10,12H2,1H3,(H,24,25). The topological polar surface area (TPSA) is 54.0 Å². The lowest BCUT2D eigenvalue weighted by atomic mass is 10.0. The Morgan fingerprint density at radius 1 is 1.08 bits per heavy atom. The maximum absolute atomic E-state index is 11.5. The molecule has 1 aliphatic rings. The van der Waals surface area contributed by atoms with Gasteiger partial charge >= 0.3 is 0 Å². The van der Waals surface area contributed by atoms with Crippen molar-refractivity contribution in [2.75, 3.05) is 10.6 Å². The molecule has 4 heteroatoms. The summed E-state index contributed by atoms with van der Waals surface area (Å²) >= 11 is 0. The van der Waals surface area contributed by atoms with Crippen molar-refractivity contribution in [3.05, 3.63) is 77.6 Å². The van der Waals surface area contributed by atoms with Gasteiger partial charge in [0.1, 0.15) is 0 Å². The molecule has 0 saturated heterocycles. The molecule has 0 atom stereocenters. The zero-order chi connectivity index (χ0) is 17.2. The van der Waals surface area contributed by atoms with Crippen LogP contribution in [0, 0.1) is 6.92 Å². The Bertz CT molecular complexity index is 949. The van der Waals surface area contributed by atoms with Gasteiger partial charge in [0.2, 0.25) is 5.91 Å². The van der Waals surface area contributed by atoms with Crippen molar-refractivity contribution in [3.63, 3.8) is 0 Å². The van der Waals surface area contributed by atoms with Crippen molar-refractivity contribution in [1.82, 2.24) is 4.98 Å². The second kappa shape index (κ2) is 6.40. The van der Waals surface area contributed by atoms with E-state index in [1.165, 1.54) is 5.56 Å². The molecule has 0 aliphatic carbocycles. The van der Waals surface area contributed by atoms with Crippen LogP contribution in [0.15, 0.2) is 60.9 Å². The number of hydrogen-bond acceptors (Lipinski definition) is 3.